The lowest BCUT2D eigenvalue weighted by Gasteiger charge is -2.12. The molecule has 0 aliphatic heterocycles. The minimum atomic E-state index is 0.970. The lowest BCUT2D eigenvalue weighted by atomic mass is 9.92. The second-order valence-corrected chi connectivity index (χ2v) is 12.0. The number of benzene rings is 8. The molecule has 1 heteroatoms. The summed E-state index contributed by atoms with van der Waals surface area (Å²) in [5.41, 5.74) is 9.29. The van der Waals surface area contributed by atoms with Gasteiger partial charge in [0, 0.05) is 17.3 Å². The van der Waals surface area contributed by atoms with Crippen LogP contribution >= 0.6 is 0 Å². The maximum Gasteiger partial charge on any atom is 0.0702 e. The third kappa shape index (κ3) is 4.45. The van der Waals surface area contributed by atoms with Crippen molar-refractivity contribution in [3.8, 4) is 44.6 Å². The molecule has 1 heterocycles. The Kier molecular flexibility index (Phi) is 6.21. The van der Waals surface area contributed by atoms with E-state index in [0.29, 0.717) is 0 Å². The van der Waals surface area contributed by atoms with E-state index >= 15 is 0 Å². The normalized spacial score (nSPS) is 11.5. The Balaban J connectivity index is 1.01. The molecule has 9 rings (SSSR count). The van der Waals surface area contributed by atoms with E-state index in [9.17, 15) is 0 Å². The van der Waals surface area contributed by atoms with Gasteiger partial charge in [-0.1, -0.05) is 152 Å². The Morgan fingerprint density at radius 1 is 0.283 bits per heavy atom. The summed E-state index contributed by atoms with van der Waals surface area (Å²) in [6.07, 6.45) is 1.99. The van der Waals surface area contributed by atoms with Crippen LogP contribution in [0.3, 0.4) is 0 Å². The maximum absolute atomic E-state index is 4.87. The van der Waals surface area contributed by atoms with Crippen molar-refractivity contribution in [1.29, 1.82) is 0 Å². The molecule has 0 aliphatic rings. The van der Waals surface area contributed by atoms with Gasteiger partial charge in [-0.05, 0) is 89.1 Å². The van der Waals surface area contributed by atoms with Gasteiger partial charge in [0.2, 0.25) is 0 Å². The summed E-state index contributed by atoms with van der Waals surface area (Å²) < 4.78 is 0. The van der Waals surface area contributed by atoms with Gasteiger partial charge in [-0.3, -0.25) is 4.98 Å². The van der Waals surface area contributed by atoms with E-state index in [4.69, 9.17) is 4.98 Å². The largest absolute Gasteiger partial charge is 0.256 e. The molecule has 9 aromatic rings. The van der Waals surface area contributed by atoms with Crippen LogP contribution in [-0.2, 0) is 0 Å². The van der Waals surface area contributed by atoms with Gasteiger partial charge in [0.25, 0.3) is 0 Å². The van der Waals surface area contributed by atoms with Crippen LogP contribution in [0.1, 0.15) is 0 Å². The van der Waals surface area contributed by atoms with Gasteiger partial charge >= 0.3 is 0 Å². The van der Waals surface area contributed by atoms with E-state index in [0.717, 1.165) is 22.4 Å². The molecule has 0 saturated carbocycles. The molecule has 0 aliphatic carbocycles. The standard InChI is InChI=1S/C45H29N/c1-3-11-37-34(9-1)27-43(41-15-7-5-13-39(37)41)31-19-17-30(18-20-31)36-25-26-45(46-29-36)33-23-21-32(22-24-33)44-28-35-10-2-4-12-38(35)40-14-6-8-16-42(40)44/h1-29H. The molecule has 46 heavy (non-hydrogen) atoms. The van der Waals surface area contributed by atoms with Crippen LogP contribution in [0.2, 0.25) is 0 Å². The van der Waals surface area contributed by atoms with Crippen molar-refractivity contribution in [3.63, 3.8) is 0 Å². The van der Waals surface area contributed by atoms with Crippen molar-refractivity contribution in [2.24, 2.45) is 0 Å². The van der Waals surface area contributed by atoms with Crippen LogP contribution < -0.4 is 0 Å². The number of pyridine rings is 1. The summed E-state index contributed by atoms with van der Waals surface area (Å²) in [6.45, 7) is 0. The van der Waals surface area contributed by atoms with Crippen molar-refractivity contribution in [2.45, 2.75) is 0 Å². The second kappa shape index (κ2) is 10.8. The first-order valence-electron chi connectivity index (χ1n) is 15.8. The molecule has 0 atom stereocenters. The molecule has 0 spiro atoms. The lowest BCUT2D eigenvalue weighted by Crippen LogP contribution is -1.88. The Morgan fingerprint density at radius 2 is 0.674 bits per heavy atom. The molecule has 0 radical (unpaired) electrons. The van der Waals surface area contributed by atoms with Gasteiger partial charge in [0.15, 0.2) is 0 Å². The van der Waals surface area contributed by atoms with Crippen molar-refractivity contribution in [3.05, 3.63) is 176 Å². The Bertz CT molecular complexity index is 2360. The van der Waals surface area contributed by atoms with Gasteiger partial charge in [-0.15, -0.1) is 0 Å². The van der Waals surface area contributed by atoms with E-state index in [1.54, 1.807) is 0 Å². The SMILES string of the molecule is c1ccc2c(c1)cc(-c1ccc(-c3ccc(-c4ccc(-c5cc6ccccc6c6ccccc56)cc4)nc3)cc1)c1ccccc12. The Labute approximate surface area is 268 Å². The van der Waals surface area contributed by atoms with Crippen LogP contribution in [-0.4, -0.2) is 4.98 Å². The zero-order chi connectivity index (χ0) is 30.5. The summed E-state index contributed by atoms with van der Waals surface area (Å²) in [7, 11) is 0. The minimum Gasteiger partial charge on any atom is -0.256 e. The number of rotatable bonds is 4. The highest BCUT2D eigenvalue weighted by Crippen LogP contribution is 2.37. The number of aromatic nitrogens is 1. The molecule has 8 aromatic carbocycles. The summed E-state index contributed by atoms with van der Waals surface area (Å²) in [5.74, 6) is 0. The van der Waals surface area contributed by atoms with E-state index < -0.39 is 0 Å². The molecule has 0 unspecified atom stereocenters. The fourth-order valence-electron chi connectivity index (χ4n) is 6.98. The quantitative estimate of drug-likeness (QED) is 0.188. The molecule has 1 nitrogen and oxygen atoms in total. The van der Waals surface area contributed by atoms with Crippen molar-refractivity contribution < 1.29 is 0 Å². The first-order chi connectivity index (χ1) is 22.8. The topological polar surface area (TPSA) is 12.9 Å². The van der Waals surface area contributed by atoms with Gasteiger partial charge in [-0.2, -0.15) is 0 Å². The monoisotopic (exact) mass is 583 g/mol. The van der Waals surface area contributed by atoms with E-state index in [2.05, 4.69) is 170 Å². The fourth-order valence-corrected chi connectivity index (χ4v) is 6.98. The van der Waals surface area contributed by atoms with Gasteiger partial charge in [0.1, 0.15) is 0 Å². The second-order valence-electron chi connectivity index (χ2n) is 12.0. The number of hydrogen-bond donors (Lipinski definition) is 0. The molecular formula is C45H29N. The fraction of sp³-hybridized carbons (Fsp3) is 0. The van der Waals surface area contributed by atoms with E-state index in [1.807, 2.05) is 6.20 Å². The summed E-state index contributed by atoms with van der Waals surface area (Å²) in [6, 6.07) is 61.3. The predicted molar refractivity (Wildman–Crippen MR) is 196 cm³/mol. The maximum atomic E-state index is 4.87. The highest BCUT2D eigenvalue weighted by atomic mass is 14.7. The van der Waals surface area contributed by atoms with Crippen LogP contribution in [0.15, 0.2) is 176 Å². The first-order valence-corrected chi connectivity index (χ1v) is 15.8. The Morgan fingerprint density at radius 3 is 1.15 bits per heavy atom. The number of fused-ring (bicyclic) bond motifs is 6. The average molecular weight is 584 g/mol. The molecule has 0 bridgehead atoms. The van der Waals surface area contributed by atoms with Crippen molar-refractivity contribution in [1.82, 2.24) is 4.98 Å². The minimum absolute atomic E-state index is 0.970. The van der Waals surface area contributed by atoms with Gasteiger partial charge in [-0.25, -0.2) is 0 Å². The molecule has 1 aromatic heterocycles. The smallest absolute Gasteiger partial charge is 0.0702 e. The van der Waals surface area contributed by atoms with E-state index in [-0.39, 0.29) is 0 Å². The highest BCUT2D eigenvalue weighted by molar-refractivity contribution is 6.14. The summed E-state index contributed by atoms with van der Waals surface area (Å²) in [5, 5.41) is 10.2. The highest BCUT2D eigenvalue weighted by Gasteiger charge is 2.11. The third-order valence-electron chi connectivity index (χ3n) is 9.32. The zero-order valence-electron chi connectivity index (χ0n) is 25.2. The van der Waals surface area contributed by atoms with Crippen LogP contribution in [0.5, 0.6) is 0 Å². The predicted octanol–water partition coefficient (Wildman–Crippen LogP) is 12.4. The average Bonchev–Trinajstić information content (AvgIpc) is 3.14. The van der Waals surface area contributed by atoms with Gasteiger partial charge < -0.3 is 0 Å². The molecule has 0 saturated heterocycles. The summed E-state index contributed by atoms with van der Waals surface area (Å²) >= 11 is 0. The van der Waals surface area contributed by atoms with Gasteiger partial charge in [0.05, 0.1) is 5.69 Å². The van der Waals surface area contributed by atoms with Crippen molar-refractivity contribution >= 4 is 43.1 Å². The zero-order valence-corrected chi connectivity index (χ0v) is 25.2. The lowest BCUT2D eigenvalue weighted by molar-refractivity contribution is 1.33. The van der Waals surface area contributed by atoms with E-state index in [1.165, 1.54) is 65.3 Å². The molecule has 0 amide bonds. The number of nitrogens with zero attached hydrogens (tertiary/aromatic N) is 1. The molecule has 0 fully saturated rings. The summed E-state index contributed by atoms with van der Waals surface area (Å²) in [4.78, 5) is 4.87. The molecular weight excluding hydrogens is 555 g/mol. The third-order valence-corrected chi connectivity index (χ3v) is 9.32. The van der Waals surface area contributed by atoms with Crippen LogP contribution in [0, 0.1) is 0 Å². The molecule has 0 N–H and O–H groups in total. The Hall–Kier alpha value is -6.05. The number of hydrogen-bond acceptors (Lipinski definition) is 1. The van der Waals surface area contributed by atoms with Crippen LogP contribution in [0.4, 0.5) is 0 Å². The first kappa shape index (κ1) is 26.4. The molecule has 214 valence electrons. The van der Waals surface area contributed by atoms with Crippen molar-refractivity contribution in [2.75, 3.05) is 0 Å². The van der Waals surface area contributed by atoms with Crippen LogP contribution in [0.25, 0.3) is 87.7 Å².